The van der Waals surface area contributed by atoms with Crippen molar-refractivity contribution in [2.24, 2.45) is 0 Å². The van der Waals surface area contributed by atoms with Crippen LogP contribution in [0.1, 0.15) is 132 Å². The second-order valence-electron chi connectivity index (χ2n) is 27.9. The van der Waals surface area contributed by atoms with Gasteiger partial charge in [0.1, 0.15) is 0 Å². The van der Waals surface area contributed by atoms with Crippen LogP contribution in [-0.4, -0.2) is 15.9 Å². The fraction of sp³-hybridized carbons (Fsp3) is 0.270. The molecule has 388 valence electrons. The van der Waals surface area contributed by atoms with Crippen LogP contribution in [0.2, 0.25) is 0 Å². The Bertz CT molecular complexity index is 4230. The van der Waals surface area contributed by atoms with Crippen LogP contribution >= 0.6 is 0 Å². The second-order valence-corrected chi connectivity index (χ2v) is 27.9. The largest absolute Gasteiger partial charge is 0.375 e. The van der Waals surface area contributed by atoms with Crippen molar-refractivity contribution in [3.05, 3.63) is 204 Å². The fourth-order valence-corrected chi connectivity index (χ4v) is 13.1. The van der Waals surface area contributed by atoms with Gasteiger partial charge in [-0.05, 0) is 142 Å². The van der Waals surface area contributed by atoms with E-state index in [-0.39, 0.29) is 33.9 Å². The Kier molecular flexibility index (Phi) is 10.9. The van der Waals surface area contributed by atoms with E-state index >= 15 is 0 Å². The average Bonchev–Trinajstić information content (AvgIpc) is 3.62. The molecule has 4 heterocycles. The van der Waals surface area contributed by atoms with E-state index in [1.807, 2.05) is 0 Å². The van der Waals surface area contributed by atoms with Crippen LogP contribution < -0.4 is 15.8 Å². The molecule has 78 heavy (non-hydrogen) atoms. The van der Waals surface area contributed by atoms with Crippen molar-refractivity contribution < 1.29 is 0 Å². The molecule has 0 aliphatic carbocycles. The molecule has 2 aliphatic heterocycles. The van der Waals surface area contributed by atoms with Crippen molar-refractivity contribution >= 4 is 78.3 Å². The molecule has 3 nitrogen and oxygen atoms in total. The van der Waals surface area contributed by atoms with Gasteiger partial charge in [0.05, 0.1) is 16.7 Å². The first-order valence-electron chi connectivity index (χ1n) is 28.5. The van der Waals surface area contributed by atoms with E-state index in [2.05, 4.69) is 294 Å². The van der Waals surface area contributed by atoms with Gasteiger partial charge in [-0.15, -0.1) is 0 Å². The van der Waals surface area contributed by atoms with Gasteiger partial charge in [0.2, 0.25) is 0 Å². The molecule has 0 bridgehead atoms. The quantitative estimate of drug-likeness (QED) is 0.160. The van der Waals surface area contributed by atoms with Gasteiger partial charge in [-0.2, -0.15) is 0 Å². The Morgan fingerprint density at radius 1 is 0.372 bits per heavy atom. The summed E-state index contributed by atoms with van der Waals surface area (Å²) in [6, 6.07) is 68.7. The van der Waals surface area contributed by atoms with E-state index in [9.17, 15) is 0 Å². The lowest BCUT2D eigenvalue weighted by atomic mass is 9.44. The Labute approximate surface area is 463 Å². The Balaban J connectivity index is 1.23. The molecular weight excluding hydrogens is 942 g/mol. The van der Waals surface area contributed by atoms with Gasteiger partial charge in [-0.25, -0.2) is 0 Å². The van der Waals surface area contributed by atoms with Crippen LogP contribution in [-0.2, 0) is 27.1 Å². The summed E-state index contributed by atoms with van der Waals surface area (Å²) in [4.78, 5) is 2.67. The minimum absolute atomic E-state index is 0.000537. The number of rotatable bonds is 4. The van der Waals surface area contributed by atoms with Gasteiger partial charge >= 0.3 is 6.85 Å². The maximum absolute atomic E-state index is 2.81. The molecule has 0 unspecified atom stereocenters. The van der Waals surface area contributed by atoms with Crippen LogP contribution in [0, 0.1) is 0 Å². The second kappa shape index (κ2) is 17.0. The average molecular weight is 1020 g/mol. The van der Waals surface area contributed by atoms with E-state index in [0.717, 1.165) is 5.69 Å². The van der Waals surface area contributed by atoms with Gasteiger partial charge in [0.25, 0.3) is 0 Å². The molecule has 11 aromatic rings. The highest BCUT2D eigenvalue weighted by Gasteiger charge is 2.46. The van der Waals surface area contributed by atoms with E-state index in [0.29, 0.717) is 0 Å². The van der Waals surface area contributed by atoms with Gasteiger partial charge in [0.15, 0.2) is 0 Å². The van der Waals surface area contributed by atoms with Gasteiger partial charge in [-0.3, -0.25) is 0 Å². The summed E-state index contributed by atoms with van der Waals surface area (Å²) >= 11 is 0. The number of hydrogen-bond acceptors (Lipinski definition) is 1. The van der Waals surface area contributed by atoms with E-state index in [1.165, 1.54) is 133 Å². The van der Waals surface area contributed by atoms with Crippen molar-refractivity contribution in [1.82, 2.24) is 9.05 Å². The predicted octanol–water partition coefficient (Wildman–Crippen LogP) is 19.1. The van der Waals surface area contributed by atoms with Crippen LogP contribution in [0.3, 0.4) is 0 Å². The van der Waals surface area contributed by atoms with E-state index in [4.69, 9.17) is 0 Å². The molecule has 0 saturated carbocycles. The highest BCUT2D eigenvalue weighted by Crippen LogP contribution is 2.53. The first-order valence-corrected chi connectivity index (χ1v) is 28.5. The maximum atomic E-state index is 2.81. The lowest BCUT2D eigenvalue weighted by molar-refractivity contribution is 0.589. The molecule has 0 spiro atoms. The lowest BCUT2D eigenvalue weighted by Gasteiger charge is -2.42. The molecule has 0 radical (unpaired) electrons. The number of benzene rings is 9. The summed E-state index contributed by atoms with van der Waals surface area (Å²) in [6.07, 6.45) is 0. The molecule has 9 aromatic carbocycles. The monoisotopic (exact) mass is 1020 g/mol. The van der Waals surface area contributed by atoms with Crippen LogP contribution in [0.25, 0.3) is 82.7 Å². The summed E-state index contributed by atoms with van der Waals surface area (Å²) in [5.74, 6) is 0. The third-order valence-corrected chi connectivity index (χ3v) is 17.5. The highest BCUT2D eigenvalue weighted by atomic mass is 15.2. The normalized spacial score (nSPS) is 13.8. The minimum atomic E-state index is -0.162. The van der Waals surface area contributed by atoms with Crippen molar-refractivity contribution in [3.63, 3.8) is 0 Å². The fourth-order valence-electron chi connectivity index (χ4n) is 13.1. The standard InChI is InChI=1S/C74H74BN3/c1-70(2,3)47-29-25-45(26-30-47)64-59-43-50(73(10,11)12)42-58-57-41-51(74(13,14)15)44-63-66(57)75(78(68(58)59)67(64)46-27-31-48(32-28-46)71(4,5)6)60-39-37-54-55(69(60)77(63)53-35-33-49(34-36-53)72(7,8)9)38-40-62-65(54)56-23-19-20-24-61(56)76(62)52-21-17-16-18-22-52/h16-44H,1-15H3. The lowest BCUT2D eigenvalue weighted by Crippen LogP contribution is -2.57. The molecule has 0 fully saturated rings. The Morgan fingerprint density at radius 2 is 0.897 bits per heavy atom. The minimum Gasteiger partial charge on any atom is -0.375 e. The summed E-state index contributed by atoms with van der Waals surface area (Å²) in [6.45, 7) is 35.0. The van der Waals surface area contributed by atoms with Crippen LogP contribution in [0.5, 0.6) is 0 Å². The van der Waals surface area contributed by atoms with Crippen molar-refractivity contribution in [2.45, 2.75) is 131 Å². The number of anilines is 3. The van der Waals surface area contributed by atoms with E-state index < -0.39 is 0 Å². The number of aromatic nitrogens is 2. The highest BCUT2D eigenvalue weighted by molar-refractivity contribution is 6.90. The molecule has 0 N–H and O–H groups in total. The maximum Gasteiger partial charge on any atom is 0.333 e. The zero-order valence-electron chi connectivity index (χ0n) is 48.7. The molecule has 4 heteroatoms. The van der Waals surface area contributed by atoms with Crippen LogP contribution in [0.4, 0.5) is 17.1 Å². The zero-order valence-corrected chi connectivity index (χ0v) is 48.7. The van der Waals surface area contributed by atoms with E-state index in [1.54, 1.807) is 0 Å². The molecule has 0 atom stereocenters. The Hall–Kier alpha value is -7.56. The molecule has 0 saturated heterocycles. The molecular formula is C74H74BN3. The van der Waals surface area contributed by atoms with Crippen molar-refractivity contribution in [2.75, 3.05) is 4.90 Å². The predicted molar refractivity (Wildman–Crippen MR) is 339 cm³/mol. The summed E-state index contributed by atoms with van der Waals surface area (Å²) < 4.78 is 5.26. The first kappa shape index (κ1) is 50.0. The molecule has 13 rings (SSSR count). The number of fused-ring (bicyclic) bond motifs is 10. The molecule has 2 aliphatic rings. The third kappa shape index (κ3) is 7.67. The molecule has 2 aromatic heterocycles. The summed E-state index contributed by atoms with van der Waals surface area (Å²) in [5.41, 5.74) is 25.3. The number of nitrogens with zero attached hydrogens (tertiary/aromatic N) is 3. The van der Waals surface area contributed by atoms with Gasteiger partial charge < -0.3 is 13.9 Å². The molecule has 0 amide bonds. The van der Waals surface area contributed by atoms with Crippen molar-refractivity contribution in [1.29, 1.82) is 0 Å². The summed E-state index contributed by atoms with van der Waals surface area (Å²) in [5, 5.41) is 6.34. The SMILES string of the molecule is CC(C)(C)c1ccc(-c2c(-c3ccc(C(C)(C)C)cc3)n3c4c(cc(C(C)(C)C)cc24)-c2cc(C(C)(C)C)cc4c2B3c2ccc3c(ccc5c3c3ccccc3n5-c3ccccc3)c2N4c2ccc(C(C)(C)C)cc2)cc1. The van der Waals surface area contributed by atoms with Gasteiger partial charge in [-0.1, -0.05) is 225 Å². The van der Waals surface area contributed by atoms with Crippen LogP contribution in [0.15, 0.2) is 176 Å². The number of para-hydroxylation sites is 2. The smallest absolute Gasteiger partial charge is 0.333 e. The Morgan fingerprint density at radius 3 is 1.50 bits per heavy atom. The first-order chi connectivity index (χ1) is 36.9. The third-order valence-electron chi connectivity index (χ3n) is 17.5. The number of hydrogen-bond donors (Lipinski definition) is 0. The zero-order chi connectivity index (χ0) is 54.7. The summed E-state index contributed by atoms with van der Waals surface area (Å²) in [7, 11) is 0. The van der Waals surface area contributed by atoms with Crippen molar-refractivity contribution in [3.8, 4) is 39.2 Å². The van der Waals surface area contributed by atoms with Gasteiger partial charge in [0, 0.05) is 60.9 Å². The topological polar surface area (TPSA) is 13.1 Å².